The number of H-pyrrole nitrogens is 1. The molecule has 0 saturated carbocycles. The molecule has 0 fully saturated rings. The van der Waals surface area contributed by atoms with Gasteiger partial charge in [0, 0.05) is 43.8 Å². The topological polar surface area (TPSA) is 103 Å². The maximum Gasteiger partial charge on any atom is 0.414 e. The van der Waals surface area contributed by atoms with Crippen molar-refractivity contribution in [2.24, 2.45) is 7.05 Å². The summed E-state index contributed by atoms with van der Waals surface area (Å²) in [5.41, 5.74) is 3.05. The molecule has 26 heavy (non-hydrogen) atoms. The van der Waals surface area contributed by atoms with E-state index in [9.17, 15) is 14.7 Å². The monoisotopic (exact) mass is 351 g/mol. The number of carbonyl (C=O) groups excluding carboxylic acids is 1. The van der Waals surface area contributed by atoms with Crippen molar-refractivity contribution in [2.45, 2.75) is 6.42 Å². The lowest BCUT2D eigenvalue weighted by Crippen LogP contribution is -2.41. The van der Waals surface area contributed by atoms with E-state index in [-0.39, 0.29) is 6.54 Å². The molecular formula is C18H17N5O3. The maximum absolute atomic E-state index is 12.8. The second kappa shape index (κ2) is 6.07. The van der Waals surface area contributed by atoms with E-state index in [2.05, 4.69) is 15.3 Å². The van der Waals surface area contributed by atoms with Gasteiger partial charge in [-0.25, -0.2) is 14.7 Å². The number of nitrogens with one attached hydrogen (secondary N) is 2. The molecule has 0 atom stereocenters. The number of nitrogens with zero attached hydrogens (tertiary/aromatic N) is 3. The van der Waals surface area contributed by atoms with Crippen LogP contribution in [0.25, 0.3) is 11.5 Å². The van der Waals surface area contributed by atoms with Crippen molar-refractivity contribution < 1.29 is 14.7 Å². The van der Waals surface area contributed by atoms with Crippen LogP contribution in [0.1, 0.15) is 16.1 Å². The van der Waals surface area contributed by atoms with Gasteiger partial charge in [-0.05, 0) is 12.1 Å². The van der Waals surface area contributed by atoms with Gasteiger partial charge in [0.05, 0.1) is 11.3 Å². The van der Waals surface area contributed by atoms with Gasteiger partial charge in [-0.1, -0.05) is 18.2 Å². The van der Waals surface area contributed by atoms with E-state index in [0.29, 0.717) is 34.9 Å². The molecule has 1 aliphatic heterocycles. The number of hydrogen-bond donors (Lipinski definition) is 3. The molecule has 1 aromatic carbocycles. The van der Waals surface area contributed by atoms with Crippen LogP contribution in [-0.4, -0.2) is 43.1 Å². The molecular weight excluding hydrogens is 334 g/mol. The van der Waals surface area contributed by atoms with Gasteiger partial charge >= 0.3 is 6.09 Å². The summed E-state index contributed by atoms with van der Waals surface area (Å²) in [6.45, 7) is 0.131. The smallest absolute Gasteiger partial charge is 0.414 e. The van der Waals surface area contributed by atoms with Crippen LogP contribution in [0.4, 0.5) is 16.2 Å². The van der Waals surface area contributed by atoms with Crippen LogP contribution in [0, 0.1) is 0 Å². The number of amides is 2. The fourth-order valence-corrected chi connectivity index (χ4v) is 3.18. The number of anilines is 2. The van der Waals surface area contributed by atoms with Gasteiger partial charge in [-0.2, -0.15) is 0 Å². The lowest BCUT2D eigenvalue weighted by molar-refractivity contribution is 0.0728. The molecule has 4 rings (SSSR count). The van der Waals surface area contributed by atoms with Gasteiger partial charge in [-0.3, -0.25) is 4.79 Å². The minimum atomic E-state index is -1.24. The molecule has 1 aliphatic rings. The second-order valence-electron chi connectivity index (χ2n) is 6.07. The number of fused-ring (bicyclic) bond motifs is 1. The number of imidazole rings is 1. The molecule has 0 bridgehead atoms. The molecule has 3 N–H and O–H groups in total. The minimum absolute atomic E-state index is 0.131. The van der Waals surface area contributed by atoms with Crippen LogP contribution < -0.4 is 5.32 Å². The number of aryl methyl sites for hydroxylation is 1. The lowest BCUT2D eigenvalue weighted by atomic mass is 10.1. The average molecular weight is 351 g/mol. The first-order valence-corrected chi connectivity index (χ1v) is 8.15. The zero-order valence-corrected chi connectivity index (χ0v) is 14.1. The summed E-state index contributed by atoms with van der Waals surface area (Å²) in [6.07, 6.45) is 2.67. The predicted molar refractivity (Wildman–Crippen MR) is 95.5 cm³/mol. The third kappa shape index (κ3) is 2.52. The fraction of sp³-hybridized carbons (Fsp3) is 0.167. The first kappa shape index (κ1) is 15.9. The van der Waals surface area contributed by atoms with Gasteiger partial charge in [-0.15, -0.1) is 0 Å². The number of carbonyl (C=O) groups is 2. The third-order valence-corrected chi connectivity index (χ3v) is 4.44. The van der Waals surface area contributed by atoms with Crippen LogP contribution >= 0.6 is 0 Å². The van der Waals surface area contributed by atoms with Crippen molar-refractivity contribution >= 4 is 23.4 Å². The molecule has 0 spiro atoms. The summed E-state index contributed by atoms with van der Waals surface area (Å²) >= 11 is 0. The Hall–Kier alpha value is -3.55. The first-order chi connectivity index (χ1) is 12.6. The Morgan fingerprint density at radius 3 is 2.73 bits per heavy atom. The van der Waals surface area contributed by atoms with Gasteiger partial charge < -0.3 is 20.0 Å². The van der Waals surface area contributed by atoms with Crippen LogP contribution in [-0.2, 0) is 13.5 Å². The average Bonchev–Trinajstić information content (AvgIpc) is 3.20. The fourth-order valence-electron chi connectivity index (χ4n) is 3.18. The van der Waals surface area contributed by atoms with Crippen molar-refractivity contribution in [1.82, 2.24) is 19.4 Å². The highest BCUT2D eigenvalue weighted by atomic mass is 16.4. The van der Waals surface area contributed by atoms with Crippen LogP contribution in [0.2, 0.25) is 0 Å². The van der Waals surface area contributed by atoms with E-state index < -0.39 is 12.0 Å². The van der Waals surface area contributed by atoms with Crippen LogP contribution in [0.5, 0.6) is 0 Å². The Morgan fingerprint density at radius 2 is 2.08 bits per heavy atom. The van der Waals surface area contributed by atoms with Gasteiger partial charge in [0.25, 0.3) is 5.91 Å². The summed E-state index contributed by atoms with van der Waals surface area (Å²) in [6, 6.07) is 9.42. The Balaban J connectivity index is 1.89. The van der Waals surface area contributed by atoms with E-state index in [1.165, 1.54) is 0 Å². The molecule has 0 aliphatic carbocycles. The summed E-state index contributed by atoms with van der Waals surface area (Å²) in [7, 11) is 1.86. The first-order valence-electron chi connectivity index (χ1n) is 8.15. The number of imide groups is 1. The number of aromatic amines is 1. The minimum Gasteiger partial charge on any atom is -0.465 e. The Bertz CT molecular complexity index is 990. The molecule has 0 unspecified atom stereocenters. The lowest BCUT2D eigenvalue weighted by Gasteiger charge is -2.23. The van der Waals surface area contributed by atoms with Gasteiger partial charge in [0.1, 0.15) is 5.69 Å². The molecule has 132 valence electrons. The molecule has 0 saturated heterocycles. The highest BCUT2D eigenvalue weighted by Crippen LogP contribution is 2.37. The van der Waals surface area contributed by atoms with Crippen LogP contribution in [0.15, 0.2) is 42.7 Å². The number of aromatic nitrogens is 3. The van der Waals surface area contributed by atoms with E-state index in [0.717, 1.165) is 10.6 Å². The number of para-hydroxylation sites is 1. The van der Waals surface area contributed by atoms with Crippen LogP contribution in [0.3, 0.4) is 0 Å². The zero-order valence-electron chi connectivity index (χ0n) is 14.1. The largest absolute Gasteiger partial charge is 0.465 e. The standard InChI is InChI=1S/C18H17N5O3/c1-22-10-8-19-16(22)15-14(20-11-5-3-2-4-6-11)13-12(21-15)7-9-23(17(13)24)18(25)26/h2-6,8,10,20-21H,7,9H2,1H3,(H,25,26). The highest BCUT2D eigenvalue weighted by molar-refractivity contribution is 6.10. The van der Waals surface area contributed by atoms with E-state index >= 15 is 0 Å². The quantitative estimate of drug-likeness (QED) is 0.673. The molecule has 3 heterocycles. The maximum atomic E-state index is 12.8. The van der Waals surface area contributed by atoms with E-state index in [1.54, 1.807) is 6.20 Å². The van der Waals surface area contributed by atoms with E-state index in [4.69, 9.17) is 0 Å². The normalized spacial score (nSPS) is 13.6. The number of carboxylic acid groups (broad SMARTS) is 1. The molecule has 2 amide bonds. The summed E-state index contributed by atoms with van der Waals surface area (Å²) in [5.74, 6) is 0.126. The van der Waals surface area contributed by atoms with E-state index in [1.807, 2.05) is 48.1 Å². The predicted octanol–water partition coefficient (Wildman–Crippen LogP) is 2.84. The number of rotatable bonds is 3. The van der Waals surface area contributed by atoms with Crippen molar-refractivity contribution in [3.8, 4) is 11.5 Å². The molecule has 8 nitrogen and oxygen atoms in total. The van der Waals surface area contributed by atoms with Gasteiger partial charge in [0.2, 0.25) is 0 Å². The molecule has 0 radical (unpaired) electrons. The number of hydrogen-bond acceptors (Lipinski definition) is 4. The highest BCUT2D eigenvalue weighted by Gasteiger charge is 2.35. The third-order valence-electron chi connectivity index (χ3n) is 4.44. The van der Waals surface area contributed by atoms with Gasteiger partial charge in [0.15, 0.2) is 5.82 Å². The summed E-state index contributed by atoms with van der Waals surface area (Å²) in [5, 5.41) is 12.6. The van der Waals surface area contributed by atoms with Crippen molar-refractivity contribution in [2.75, 3.05) is 11.9 Å². The molecule has 3 aromatic rings. The zero-order chi connectivity index (χ0) is 18.3. The summed E-state index contributed by atoms with van der Waals surface area (Å²) < 4.78 is 1.84. The molecule has 8 heteroatoms. The number of benzene rings is 1. The van der Waals surface area contributed by atoms with Crippen molar-refractivity contribution in [3.63, 3.8) is 0 Å². The summed E-state index contributed by atoms with van der Waals surface area (Å²) in [4.78, 5) is 32.7. The van der Waals surface area contributed by atoms with Crippen molar-refractivity contribution in [1.29, 1.82) is 0 Å². The second-order valence-corrected chi connectivity index (χ2v) is 6.07. The Labute approximate surface area is 149 Å². The SMILES string of the molecule is Cn1ccnc1-c1[nH]c2c(c1Nc1ccccc1)C(=O)N(C(=O)O)CC2. The molecule has 2 aromatic heterocycles. The van der Waals surface area contributed by atoms with Crippen molar-refractivity contribution in [3.05, 3.63) is 54.0 Å². The Kier molecular flexibility index (Phi) is 3.72. The Morgan fingerprint density at radius 1 is 1.31 bits per heavy atom.